The van der Waals surface area contributed by atoms with Gasteiger partial charge in [-0.3, -0.25) is 0 Å². The zero-order chi connectivity index (χ0) is 14.4. The molecule has 2 atom stereocenters. The van der Waals surface area contributed by atoms with E-state index in [9.17, 15) is 14.7 Å². The Balaban J connectivity index is 1.93. The normalized spacial score (nSPS) is 20.9. The second-order valence-corrected chi connectivity index (χ2v) is 7.10. The Morgan fingerprint density at radius 1 is 1.30 bits per heavy atom. The van der Waals surface area contributed by atoms with Crippen LogP contribution in [0.2, 0.25) is 0 Å². The molecule has 0 amide bonds. The number of phenolic OH excluding ortho intramolecular Hbond substituents is 1. The average molecular weight is 339 g/mol. The van der Waals surface area contributed by atoms with Gasteiger partial charge in [0, 0.05) is 0 Å². The number of hydrogen-bond acceptors (Lipinski definition) is 4. The number of rotatable bonds is 4. The molecule has 2 aromatic rings. The number of ether oxygens (including phenoxy) is 1. The number of carbonyl (C=O) groups is 2. The molecule has 1 aromatic carbocycles. The van der Waals surface area contributed by atoms with Gasteiger partial charge in [0.25, 0.3) is 0 Å². The Labute approximate surface area is 120 Å². The van der Waals surface area contributed by atoms with Crippen LogP contribution >= 0.6 is 0 Å². The first-order valence-corrected chi connectivity index (χ1v) is 7.80. The van der Waals surface area contributed by atoms with Crippen molar-refractivity contribution in [2.24, 2.45) is 11.8 Å². The van der Waals surface area contributed by atoms with E-state index >= 15 is 0 Å². The Bertz CT molecular complexity index is 718. The van der Waals surface area contributed by atoms with Gasteiger partial charge in [0.05, 0.1) is 0 Å². The fourth-order valence-electron chi connectivity index (χ4n) is 2.28. The van der Waals surface area contributed by atoms with E-state index < -0.39 is 11.9 Å². The summed E-state index contributed by atoms with van der Waals surface area (Å²) in [6, 6.07) is 5.08. The van der Waals surface area contributed by atoms with Crippen molar-refractivity contribution in [1.29, 1.82) is 0 Å². The molecule has 0 aliphatic heterocycles. The van der Waals surface area contributed by atoms with E-state index in [1.54, 1.807) is 18.2 Å². The van der Waals surface area contributed by atoms with Gasteiger partial charge in [0.15, 0.2) is 0 Å². The number of carboxylic acid groups (broad SMARTS) is 1. The molecule has 1 aromatic heterocycles. The standard InChI is InChI=1S/C14H12O5Se/c1-19-10-5-11-6(2-9(10)15)3-12(20-11)13(16)7-4-8(7)14(17)18/h2-3,5,7-8,15H,4H2,1H3,(H,17,18). The van der Waals surface area contributed by atoms with E-state index in [1.165, 1.54) is 7.11 Å². The van der Waals surface area contributed by atoms with E-state index in [4.69, 9.17) is 9.84 Å². The summed E-state index contributed by atoms with van der Waals surface area (Å²) < 4.78 is 6.70. The molecule has 1 saturated carbocycles. The summed E-state index contributed by atoms with van der Waals surface area (Å²) in [6.45, 7) is 0. The molecule has 104 valence electrons. The number of carboxylic acids is 1. The molecule has 6 heteroatoms. The third-order valence-electron chi connectivity index (χ3n) is 3.51. The Morgan fingerprint density at radius 2 is 2.05 bits per heavy atom. The summed E-state index contributed by atoms with van der Waals surface area (Å²) in [5.74, 6) is -1.42. The first-order chi connectivity index (χ1) is 9.51. The van der Waals surface area contributed by atoms with Crippen molar-refractivity contribution >= 4 is 35.9 Å². The zero-order valence-electron chi connectivity index (χ0n) is 10.6. The van der Waals surface area contributed by atoms with Crippen LogP contribution in [0.4, 0.5) is 0 Å². The zero-order valence-corrected chi connectivity index (χ0v) is 12.3. The van der Waals surface area contributed by atoms with Crippen LogP contribution in [0.15, 0.2) is 18.2 Å². The minimum atomic E-state index is -0.897. The second kappa shape index (κ2) is 4.65. The van der Waals surface area contributed by atoms with E-state index in [2.05, 4.69) is 0 Å². The minimum absolute atomic E-state index is 0.0434. The number of methoxy groups -OCH3 is 1. The maximum absolute atomic E-state index is 12.2. The van der Waals surface area contributed by atoms with Crippen molar-refractivity contribution in [3.8, 4) is 11.5 Å². The van der Waals surface area contributed by atoms with Gasteiger partial charge in [-0.15, -0.1) is 0 Å². The van der Waals surface area contributed by atoms with Crippen LogP contribution in [0.25, 0.3) is 9.65 Å². The molecule has 0 bridgehead atoms. The predicted molar refractivity (Wildman–Crippen MR) is 72.7 cm³/mol. The van der Waals surface area contributed by atoms with Crippen LogP contribution < -0.4 is 4.74 Å². The molecule has 1 aliphatic carbocycles. The monoisotopic (exact) mass is 340 g/mol. The molecular formula is C14H12O5Se. The second-order valence-electron chi connectivity index (χ2n) is 4.82. The molecule has 1 fully saturated rings. The Morgan fingerprint density at radius 3 is 2.65 bits per heavy atom. The summed E-state index contributed by atoms with van der Waals surface area (Å²) in [4.78, 5) is 23.0. The van der Waals surface area contributed by atoms with Crippen molar-refractivity contribution in [3.63, 3.8) is 0 Å². The first kappa shape index (κ1) is 13.2. The van der Waals surface area contributed by atoms with Gasteiger partial charge in [-0.05, 0) is 0 Å². The van der Waals surface area contributed by atoms with Gasteiger partial charge >= 0.3 is 120 Å². The Kier molecular flexibility index (Phi) is 3.07. The van der Waals surface area contributed by atoms with Gasteiger partial charge in [-0.25, -0.2) is 0 Å². The third kappa shape index (κ3) is 2.11. The molecule has 2 unspecified atom stereocenters. The van der Waals surface area contributed by atoms with Crippen LogP contribution in [0.5, 0.6) is 11.5 Å². The maximum atomic E-state index is 12.2. The van der Waals surface area contributed by atoms with Gasteiger partial charge < -0.3 is 0 Å². The van der Waals surface area contributed by atoms with Crippen molar-refractivity contribution in [1.82, 2.24) is 0 Å². The van der Waals surface area contributed by atoms with Gasteiger partial charge in [0.1, 0.15) is 0 Å². The predicted octanol–water partition coefficient (Wildman–Crippen LogP) is 1.51. The molecular weight excluding hydrogens is 327 g/mol. The number of phenols is 1. The number of benzene rings is 1. The summed E-state index contributed by atoms with van der Waals surface area (Å²) in [5, 5.41) is 19.4. The molecule has 0 spiro atoms. The van der Waals surface area contributed by atoms with Crippen LogP contribution in [0.1, 0.15) is 15.7 Å². The summed E-state index contributed by atoms with van der Waals surface area (Å²) >= 11 is -0.154. The molecule has 20 heavy (non-hydrogen) atoms. The van der Waals surface area contributed by atoms with Crippen molar-refractivity contribution in [3.05, 3.63) is 22.6 Å². The first-order valence-electron chi connectivity index (χ1n) is 6.09. The van der Waals surface area contributed by atoms with E-state index in [-0.39, 0.29) is 32.0 Å². The number of hydrogen-bond donors (Lipinski definition) is 2. The van der Waals surface area contributed by atoms with Crippen LogP contribution in [0.3, 0.4) is 0 Å². The van der Waals surface area contributed by atoms with Crippen LogP contribution in [-0.2, 0) is 4.79 Å². The number of ketones is 1. The van der Waals surface area contributed by atoms with Crippen LogP contribution in [-0.4, -0.2) is 43.6 Å². The third-order valence-corrected chi connectivity index (χ3v) is 5.84. The molecule has 0 radical (unpaired) electrons. The SMILES string of the molecule is COc1cc2[se]c(C(=O)C3CC3C(=O)O)cc2cc1O. The summed E-state index contributed by atoms with van der Waals surface area (Å²) in [6.07, 6.45) is 0.437. The van der Waals surface area contributed by atoms with Gasteiger partial charge in [-0.1, -0.05) is 0 Å². The van der Waals surface area contributed by atoms with E-state index in [0.29, 0.717) is 16.6 Å². The Hall–Kier alpha value is -1.78. The van der Waals surface area contributed by atoms with E-state index in [0.717, 1.165) is 9.65 Å². The van der Waals surface area contributed by atoms with Crippen molar-refractivity contribution in [2.45, 2.75) is 6.42 Å². The number of carbonyl (C=O) groups excluding carboxylic acids is 1. The fraction of sp³-hybridized carbons (Fsp3) is 0.286. The van der Waals surface area contributed by atoms with Gasteiger partial charge in [0.2, 0.25) is 0 Å². The molecule has 5 nitrogen and oxygen atoms in total. The van der Waals surface area contributed by atoms with Crippen molar-refractivity contribution < 1.29 is 24.5 Å². The molecule has 1 aliphatic rings. The van der Waals surface area contributed by atoms with E-state index in [1.807, 2.05) is 0 Å². The average Bonchev–Trinajstić information content (AvgIpc) is 3.11. The number of Topliss-reactive ketones (excluding diaryl/α,β-unsaturated/α-hetero) is 1. The summed E-state index contributed by atoms with van der Waals surface area (Å²) in [5.41, 5.74) is 0. The molecule has 1 heterocycles. The number of aliphatic carboxylic acids is 1. The summed E-state index contributed by atoms with van der Waals surface area (Å²) in [7, 11) is 1.48. The van der Waals surface area contributed by atoms with Gasteiger partial charge in [-0.2, -0.15) is 0 Å². The molecule has 3 rings (SSSR count). The van der Waals surface area contributed by atoms with Crippen molar-refractivity contribution in [2.75, 3.05) is 7.11 Å². The van der Waals surface area contributed by atoms with Crippen LogP contribution in [0, 0.1) is 11.8 Å². The topological polar surface area (TPSA) is 83.8 Å². The molecule has 0 saturated heterocycles. The quantitative estimate of drug-likeness (QED) is 0.652. The number of aromatic hydroxyl groups is 1. The molecule has 2 N–H and O–H groups in total. The number of fused-ring (bicyclic) bond motifs is 1. The fourth-order valence-corrected chi connectivity index (χ4v) is 4.54.